The van der Waals surface area contributed by atoms with Gasteiger partial charge in [-0.2, -0.15) is 0 Å². The molecule has 1 aromatic rings. The van der Waals surface area contributed by atoms with Crippen molar-refractivity contribution in [3.63, 3.8) is 0 Å². The van der Waals surface area contributed by atoms with Gasteiger partial charge in [0, 0.05) is 13.0 Å². The molecule has 1 amide bonds. The van der Waals surface area contributed by atoms with E-state index in [-0.39, 0.29) is 25.5 Å². The average Bonchev–Trinajstić information content (AvgIpc) is 2.33. The van der Waals surface area contributed by atoms with Gasteiger partial charge in [-0.1, -0.05) is 30.3 Å². The smallest absolute Gasteiger partial charge is 0.320 e. The second kappa shape index (κ2) is 7.40. The molecule has 1 aromatic carbocycles. The topological polar surface area (TPSA) is 81.4 Å². The second-order valence-electron chi connectivity index (χ2n) is 3.54. The Morgan fingerprint density at radius 3 is 2.59 bits per heavy atom. The zero-order valence-corrected chi connectivity index (χ0v) is 9.52. The third-order valence-corrected chi connectivity index (χ3v) is 2.06. The van der Waals surface area contributed by atoms with Crippen molar-refractivity contribution in [2.24, 2.45) is 5.73 Å². The summed E-state index contributed by atoms with van der Waals surface area (Å²) < 4.78 is 5.02. The molecular weight excluding hydrogens is 220 g/mol. The molecular formula is C12H16N2O3. The summed E-state index contributed by atoms with van der Waals surface area (Å²) in [4.78, 5) is 21.7. The van der Waals surface area contributed by atoms with Gasteiger partial charge < -0.3 is 15.8 Å². The third kappa shape index (κ3) is 6.32. The monoisotopic (exact) mass is 236 g/mol. The van der Waals surface area contributed by atoms with E-state index >= 15 is 0 Å². The van der Waals surface area contributed by atoms with Crippen LogP contribution >= 0.6 is 0 Å². The van der Waals surface area contributed by atoms with Gasteiger partial charge in [0.05, 0.1) is 6.54 Å². The molecule has 0 aliphatic carbocycles. The summed E-state index contributed by atoms with van der Waals surface area (Å²) in [6.45, 7) is 0.729. The summed E-state index contributed by atoms with van der Waals surface area (Å²) in [6, 6.07) is 9.43. The molecule has 0 fully saturated rings. The maximum Gasteiger partial charge on any atom is 0.320 e. The lowest BCUT2D eigenvalue weighted by atomic mass is 10.2. The zero-order chi connectivity index (χ0) is 12.5. The van der Waals surface area contributed by atoms with Gasteiger partial charge in [0.1, 0.15) is 6.61 Å². The third-order valence-electron chi connectivity index (χ3n) is 2.06. The van der Waals surface area contributed by atoms with Crippen LogP contribution in [0.1, 0.15) is 12.0 Å². The van der Waals surface area contributed by atoms with Crippen molar-refractivity contribution >= 4 is 11.9 Å². The normalized spacial score (nSPS) is 9.88. The fraction of sp³-hybridized carbons (Fsp3) is 0.333. The van der Waals surface area contributed by atoms with Crippen molar-refractivity contribution in [1.82, 2.24) is 5.32 Å². The lowest BCUT2D eigenvalue weighted by Gasteiger charge is -2.05. The summed E-state index contributed by atoms with van der Waals surface area (Å²) in [7, 11) is 0. The van der Waals surface area contributed by atoms with E-state index in [9.17, 15) is 9.59 Å². The van der Waals surface area contributed by atoms with Gasteiger partial charge in [0.2, 0.25) is 5.91 Å². The Morgan fingerprint density at radius 2 is 1.94 bits per heavy atom. The second-order valence-corrected chi connectivity index (χ2v) is 3.54. The van der Waals surface area contributed by atoms with Crippen LogP contribution in [-0.2, 0) is 20.9 Å². The van der Waals surface area contributed by atoms with Crippen molar-refractivity contribution in [3.8, 4) is 0 Å². The van der Waals surface area contributed by atoms with Crippen molar-refractivity contribution in [2.45, 2.75) is 13.0 Å². The minimum Gasteiger partial charge on any atom is -0.460 e. The molecule has 3 N–H and O–H groups in total. The highest BCUT2D eigenvalue weighted by Gasteiger charge is 2.02. The summed E-state index contributed by atoms with van der Waals surface area (Å²) >= 11 is 0. The first-order valence-electron chi connectivity index (χ1n) is 5.37. The zero-order valence-electron chi connectivity index (χ0n) is 9.52. The number of hydrogen-bond acceptors (Lipinski definition) is 4. The van der Waals surface area contributed by atoms with Crippen LogP contribution in [-0.4, -0.2) is 25.0 Å². The van der Waals surface area contributed by atoms with Crippen LogP contribution in [0, 0.1) is 0 Å². The van der Waals surface area contributed by atoms with Gasteiger partial charge in [-0.3, -0.25) is 9.59 Å². The van der Waals surface area contributed by atoms with Crippen LogP contribution in [0.5, 0.6) is 0 Å². The van der Waals surface area contributed by atoms with Crippen LogP contribution in [0.25, 0.3) is 0 Å². The molecule has 5 heteroatoms. The van der Waals surface area contributed by atoms with E-state index in [2.05, 4.69) is 5.32 Å². The number of rotatable bonds is 7. The van der Waals surface area contributed by atoms with Gasteiger partial charge in [0.25, 0.3) is 0 Å². The van der Waals surface area contributed by atoms with Gasteiger partial charge in [-0.15, -0.1) is 0 Å². The van der Waals surface area contributed by atoms with Crippen molar-refractivity contribution in [2.75, 3.05) is 13.1 Å². The number of benzene rings is 1. The molecule has 17 heavy (non-hydrogen) atoms. The van der Waals surface area contributed by atoms with Crippen molar-refractivity contribution < 1.29 is 14.3 Å². The van der Waals surface area contributed by atoms with E-state index in [0.29, 0.717) is 6.54 Å². The standard InChI is InChI=1S/C12H16N2O3/c13-11(15)6-7-14-8-12(16)17-9-10-4-2-1-3-5-10/h1-5,14H,6-9H2,(H2,13,15). The number of hydrogen-bond donors (Lipinski definition) is 2. The first-order chi connectivity index (χ1) is 8.18. The summed E-state index contributed by atoms with van der Waals surface area (Å²) in [5.41, 5.74) is 5.89. The summed E-state index contributed by atoms with van der Waals surface area (Å²) in [6.07, 6.45) is 0.214. The summed E-state index contributed by atoms with van der Waals surface area (Å²) in [5.74, 6) is -0.742. The Bertz CT molecular complexity index is 365. The minimum atomic E-state index is -0.393. The van der Waals surface area contributed by atoms with Crippen LogP contribution in [0.15, 0.2) is 30.3 Å². The van der Waals surface area contributed by atoms with Crippen molar-refractivity contribution in [3.05, 3.63) is 35.9 Å². The molecule has 0 heterocycles. The first kappa shape index (κ1) is 13.2. The Morgan fingerprint density at radius 1 is 1.24 bits per heavy atom. The predicted molar refractivity (Wildman–Crippen MR) is 62.9 cm³/mol. The Labute approximate surface area is 99.9 Å². The van der Waals surface area contributed by atoms with Crippen molar-refractivity contribution in [1.29, 1.82) is 0 Å². The SMILES string of the molecule is NC(=O)CCNCC(=O)OCc1ccccc1. The number of carbonyl (C=O) groups excluding carboxylic acids is 2. The Kier molecular flexibility index (Phi) is 5.74. The Balaban J connectivity index is 2.11. The molecule has 92 valence electrons. The van der Waals surface area contributed by atoms with E-state index in [1.165, 1.54) is 0 Å². The van der Waals surface area contributed by atoms with Gasteiger partial charge in [-0.05, 0) is 5.56 Å². The van der Waals surface area contributed by atoms with E-state index in [0.717, 1.165) is 5.56 Å². The highest BCUT2D eigenvalue weighted by Crippen LogP contribution is 2.00. The molecule has 0 aliphatic heterocycles. The maximum atomic E-state index is 11.3. The number of carbonyl (C=O) groups is 2. The molecule has 0 saturated heterocycles. The molecule has 0 saturated carbocycles. The molecule has 0 aromatic heterocycles. The minimum absolute atomic E-state index is 0.0834. The fourth-order valence-electron chi connectivity index (χ4n) is 1.19. The molecule has 0 unspecified atom stereocenters. The molecule has 0 radical (unpaired) electrons. The number of esters is 1. The van der Waals surface area contributed by atoms with E-state index in [1.54, 1.807) is 0 Å². The van der Waals surface area contributed by atoms with Crippen LogP contribution in [0.2, 0.25) is 0 Å². The quantitative estimate of drug-likeness (QED) is 0.523. The largest absolute Gasteiger partial charge is 0.460 e. The lowest BCUT2D eigenvalue weighted by molar-refractivity contribution is -0.143. The highest BCUT2D eigenvalue weighted by atomic mass is 16.5. The molecule has 0 bridgehead atoms. The fourth-order valence-corrected chi connectivity index (χ4v) is 1.19. The summed E-state index contributed by atoms with van der Waals surface area (Å²) in [5, 5.41) is 2.78. The predicted octanol–water partition coefficient (Wildman–Crippen LogP) is 0.195. The highest BCUT2D eigenvalue weighted by molar-refractivity contribution is 5.74. The van der Waals surface area contributed by atoms with Gasteiger partial charge in [-0.25, -0.2) is 0 Å². The Hall–Kier alpha value is -1.88. The first-order valence-corrected chi connectivity index (χ1v) is 5.37. The van der Waals surface area contributed by atoms with Crippen LogP contribution < -0.4 is 11.1 Å². The van der Waals surface area contributed by atoms with E-state index in [1.807, 2.05) is 30.3 Å². The molecule has 0 atom stereocenters. The molecule has 0 spiro atoms. The molecule has 0 aliphatic rings. The number of primary amides is 1. The number of ether oxygens (including phenoxy) is 1. The average molecular weight is 236 g/mol. The molecule has 1 rings (SSSR count). The number of nitrogens with one attached hydrogen (secondary N) is 1. The van der Waals surface area contributed by atoms with Crippen LogP contribution in [0.4, 0.5) is 0 Å². The van der Waals surface area contributed by atoms with Gasteiger partial charge >= 0.3 is 5.97 Å². The number of nitrogens with two attached hydrogens (primary N) is 1. The lowest BCUT2D eigenvalue weighted by Crippen LogP contribution is -2.28. The molecule has 5 nitrogen and oxygen atoms in total. The van der Waals surface area contributed by atoms with E-state index < -0.39 is 5.91 Å². The number of amides is 1. The van der Waals surface area contributed by atoms with Gasteiger partial charge in [0.15, 0.2) is 0 Å². The van der Waals surface area contributed by atoms with E-state index in [4.69, 9.17) is 10.5 Å². The maximum absolute atomic E-state index is 11.3. The van der Waals surface area contributed by atoms with Crippen LogP contribution in [0.3, 0.4) is 0 Å².